The Morgan fingerprint density at radius 3 is 1.27 bits per heavy atom. The molecule has 1 aliphatic carbocycles. The average molecular weight is 873 g/mol. The molecular weight excluding hydrogens is 825 g/mol. The highest BCUT2D eigenvalue weighted by atomic mass is 32.1. The first-order valence-electron chi connectivity index (χ1n) is 20.5. The summed E-state index contributed by atoms with van der Waals surface area (Å²) in [6.45, 7) is 15.1. The van der Waals surface area contributed by atoms with Gasteiger partial charge in [0.05, 0.1) is 16.8 Å². The van der Waals surface area contributed by atoms with Crippen LogP contribution in [-0.4, -0.2) is 49.8 Å². The molecule has 0 aromatic heterocycles. The molecule has 0 radical (unpaired) electrons. The van der Waals surface area contributed by atoms with Gasteiger partial charge in [0.1, 0.15) is 37.9 Å². The van der Waals surface area contributed by atoms with Crippen LogP contribution in [0.4, 0.5) is 11.4 Å². The first kappa shape index (κ1) is 44.4. The number of ether oxygens (including phenoxy) is 4. The highest BCUT2D eigenvalue weighted by Crippen LogP contribution is 2.57. The molecule has 0 atom stereocenters. The van der Waals surface area contributed by atoms with Gasteiger partial charge >= 0.3 is 11.9 Å². The van der Waals surface area contributed by atoms with Crippen molar-refractivity contribution >= 4 is 60.0 Å². The number of hydrogen-bond donors (Lipinski definition) is 2. The fraction of sp³-hybridized carbons (Fsp3) is 0.170. The van der Waals surface area contributed by atoms with Gasteiger partial charge in [-0.1, -0.05) is 73.8 Å². The summed E-state index contributed by atoms with van der Waals surface area (Å²) in [5.41, 5.74) is 11.8. The van der Waals surface area contributed by atoms with E-state index in [9.17, 15) is 9.59 Å². The minimum absolute atomic E-state index is 0.136. The Labute approximate surface area is 379 Å². The van der Waals surface area contributed by atoms with Crippen molar-refractivity contribution in [3.63, 3.8) is 0 Å². The zero-order valence-corrected chi connectivity index (χ0v) is 37.5. The maximum absolute atomic E-state index is 11.6. The predicted molar refractivity (Wildman–Crippen MR) is 257 cm³/mol. The van der Waals surface area contributed by atoms with Crippen molar-refractivity contribution in [2.24, 2.45) is 9.98 Å². The predicted octanol–water partition coefficient (Wildman–Crippen LogP) is 11.9. The highest BCUT2D eigenvalue weighted by molar-refractivity contribution is 7.80. The van der Waals surface area contributed by atoms with Gasteiger partial charge in [-0.3, -0.25) is 9.98 Å². The van der Waals surface area contributed by atoms with E-state index in [2.05, 4.69) is 86.0 Å². The van der Waals surface area contributed by atoms with Gasteiger partial charge in [0.25, 0.3) is 0 Å². The smallest absolute Gasteiger partial charge is 0.333 e. The van der Waals surface area contributed by atoms with Crippen molar-refractivity contribution in [2.45, 2.75) is 42.9 Å². The first-order valence-corrected chi connectivity index (χ1v) is 21.3. The summed E-state index contributed by atoms with van der Waals surface area (Å²) in [6, 6.07) is 45.1. The van der Waals surface area contributed by atoms with E-state index in [1.54, 1.807) is 13.8 Å². The maximum Gasteiger partial charge on any atom is 0.333 e. The fourth-order valence-electron chi connectivity index (χ4n) is 7.64. The van der Waals surface area contributed by atoms with Crippen LogP contribution in [0.5, 0.6) is 11.5 Å². The quantitative estimate of drug-likeness (QED) is 0.0330. The van der Waals surface area contributed by atoms with E-state index in [1.807, 2.05) is 74.5 Å². The first-order chi connectivity index (χ1) is 30.4. The van der Waals surface area contributed by atoms with Crippen LogP contribution in [0, 0.1) is 0 Å². The topological polar surface area (TPSA) is 95.8 Å². The highest BCUT2D eigenvalue weighted by Gasteiger charge is 2.46. The maximum atomic E-state index is 11.6. The Balaban J connectivity index is 1.16. The van der Waals surface area contributed by atoms with Crippen molar-refractivity contribution in [1.82, 2.24) is 0 Å². The Morgan fingerprint density at radius 2 is 0.905 bits per heavy atom. The zero-order chi connectivity index (χ0) is 44.7. The molecule has 10 heteroatoms. The molecule has 0 saturated carbocycles. The average Bonchev–Trinajstić information content (AvgIpc) is 3.59. The fourth-order valence-corrected chi connectivity index (χ4v) is 8.16. The van der Waals surface area contributed by atoms with Gasteiger partial charge in [-0.15, -0.1) is 25.3 Å². The van der Waals surface area contributed by atoms with E-state index >= 15 is 0 Å². The number of nitrogens with zero attached hydrogens (tertiary/aromatic N) is 2. The Kier molecular flexibility index (Phi) is 13.8. The van der Waals surface area contributed by atoms with Crippen LogP contribution in [0.1, 0.15) is 61.1 Å². The third-order valence-electron chi connectivity index (χ3n) is 10.8. The molecule has 8 nitrogen and oxygen atoms in total. The second kappa shape index (κ2) is 19.6. The van der Waals surface area contributed by atoms with Gasteiger partial charge < -0.3 is 18.9 Å². The Morgan fingerprint density at radius 1 is 0.524 bits per heavy atom. The normalized spacial score (nSPS) is 12.8. The molecular formula is C53H48N2O6S2. The molecule has 0 N–H and O–H groups in total. The third kappa shape index (κ3) is 9.73. The number of benzene rings is 6. The van der Waals surface area contributed by atoms with Gasteiger partial charge in [-0.2, -0.15) is 0 Å². The summed E-state index contributed by atoms with van der Waals surface area (Å²) in [5, 5.41) is 0. The number of esters is 2. The monoisotopic (exact) mass is 872 g/mol. The van der Waals surface area contributed by atoms with E-state index in [-0.39, 0.29) is 26.4 Å². The van der Waals surface area contributed by atoms with Gasteiger partial charge in [0.15, 0.2) is 0 Å². The van der Waals surface area contributed by atoms with E-state index < -0.39 is 17.4 Å². The number of rotatable bonds is 16. The molecule has 0 saturated heterocycles. The number of carbonyl (C=O) groups is 2. The number of hydrogen-bond acceptors (Lipinski definition) is 10. The molecule has 6 aromatic carbocycles. The lowest BCUT2D eigenvalue weighted by atomic mass is 9.67. The molecule has 0 amide bonds. The molecule has 0 spiro atoms. The van der Waals surface area contributed by atoms with Crippen LogP contribution < -0.4 is 9.47 Å². The van der Waals surface area contributed by atoms with Crippen LogP contribution >= 0.6 is 25.3 Å². The lowest BCUT2D eigenvalue weighted by Crippen LogP contribution is -2.28. The van der Waals surface area contributed by atoms with Crippen molar-refractivity contribution in [3.05, 3.63) is 191 Å². The molecule has 0 unspecified atom stereocenters. The molecule has 0 bridgehead atoms. The van der Waals surface area contributed by atoms with E-state index in [0.717, 1.165) is 54.8 Å². The van der Waals surface area contributed by atoms with Crippen LogP contribution in [0.3, 0.4) is 0 Å². The number of thiol groups is 2. The molecule has 63 heavy (non-hydrogen) atoms. The summed E-state index contributed by atoms with van der Waals surface area (Å²) < 4.78 is 21.7. The molecule has 318 valence electrons. The summed E-state index contributed by atoms with van der Waals surface area (Å²) in [4.78, 5) is 34.8. The second-order valence-corrected chi connectivity index (χ2v) is 16.2. The molecule has 6 aromatic rings. The standard InChI is InChI=1S/C53H48N2O6S2/c1-33(2)51(56)60-29-27-58-41-21-15-37(16-22-41)35(5)54-47-25-19-39(31-49(47)62)53(45-13-9-7-11-43(45)44-12-8-10-14-46(44)53)40-20-26-48(50(63)32-40)55-36(6)38-17-23-42(24-18-38)59-28-30-61-52(57)34(3)4/h7-26,31-32,62-63H,1,3,27-30H2,2,4-6H3/b54-35+,55-36+. The van der Waals surface area contributed by atoms with Crippen LogP contribution in [0.15, 0.2) is 178 Å². The van der Waals surface area contributed by atoms with Gasteiger partial charge in [-0.05, 0) is 145 Å². The van der Waals surface area contributed by atoms with Gasteiger partial charge in [0, 0.05) is 32.4 Å². The largest absolute Gasteiger partial charge is 0.490 e. The molecule has 7 rings (SSSR count). The summed E-state index contributed by atoms with van der Waals surface area (Å²) in [6.07, 6.45) is 0. The second-order valence-electron chi connectivity index (χ2n) is 15.2. The number of fused-ring (bicyclic) bond motifs is 3. The summed E-state index contributed by atoms with van der Waals surface area (Å²) in [5.74, 6) is 0.452. The van der Waals surface area contributed by atoms with E-state index in [0.29, 0.717) is 22.6 Å². The van der Waals surface area contributed by atoms with Crippen molar-refractivity contribution < 1.29 is 28.5 Å². The Hall–Kier alpha value is -6.62. The number of carbonyl (C=O) groups excluding carboxylic acids is 2. The lowest BCUT2D eigenvalue weighted by Gasteiger charge is -2.34. The summed E-state index contributed by atoms with van der Waals surface area (Å²) in [7, 11) is 0. The van der Waals surface area contributed by atoms with Gasteiger partial charge in [0.2, 0.25) is 0 Å². The van der Waals surface area contributed by atoms with E-state index in [1.165, 1.54) is 22.3 Å². The number of aliphatic imine (C=N–C) groups is 2. The minimum Gasteiger partial charge on any atom is -0.490 e. The minimum atomic E-state index is -0.686. The molecule has 1 aliphatic rings. The molecule has 0 heterocycles. The summed E-state index contributed by atoms with van der Waals surface area (Å²) >= 11 is 10.1. The van der Waals surface area contributed by atoms with Crippen molar-refractivity contribution in [1.29, 1.82) is 0 Å². The zero-order valence-electron chi connectivity index (χ0n) is 35.7. The third-order valence-corrected chi connectivity index (χ3v) is 11.5. The Bertz CT molecular complexity index is 2580. The van der Waals surface area contributed by atoms with E-state index in [4.69, 9.17) is 54.2 Å². The molecule has 0 aliphatic heterocycles. The van der Waals surface area contributed by atoms with Crippen LogP contribution in [0.25, 0.3) is 11.1 Å². The van der Waals surface area contributed by atoms with Crippen LogP contribution in [0.2, 0.25) is 0 Å². The van der Waals surface area contributed by atoms with Gasteiger partial charge in [-0.25, -0.2) is 9.59 Å². The van der Waals surface area contributed by atoms with Crippen LogP contribution in [-0.2, 0) is 24.5 Å². The van der Waals surface area contributed by atoms with Crippen molar-refractivity contribution in [2.75, 3.05) is 26.4 Å². The van der Waals surface area contributed by atoms with Crippen molar-refractivity contribution in [3.8, 4) is 22.6 Å². The molecule has 0 fully saturated rings. The lowest BCUT2D eigenvalue weighted by molar-refractivity contribution is -0.140. The SMILES string of the molecule is C=C(C)C(=O)OCCOc1ccc(/C(C)=N/c2ccc(C3(c4ccc(/N=C(\C)c5ccc(OCCOC(=O)C(=C)C)cc5)c(S)c4)c4ccccc4-c4ccccc43)cc2S)cc1.